The van der Waals surface area contributed by atoms with E-state index in [1.807, 2.05) is 6.07 Å². The van der Waals surface area contributed by atoms with Gasteiger partial charge in [0.05, 0.1) is 46.0 Å². The highest BCUT2D eigenvalue weighted by Crippen LogP contribution is 2.58. The predicted octanol–water partition coefficient (Wildman–Crippen LogP) is 13.0. The van der Waals surface area contributed by atoms with Crippen molar-refractivity contribution in [2.75, 3.05) is 4.90 Å². The SMILES string of the molecule is [C-]#[N+]c1ccc(C#N)cc1-c1cc(N2c3ccccc3C(c3ccccc3)(c3ccccc3)c3ccccc32)cc(-n2c3ccccc3c3ccccc32)c1. The highest BCUT2D eigenvalue weighted by Gasteiger charge is 2.46. The summed E-state index contributed by atoms with van der Waals surface area (Å²) >= 11 is 0. The van der Waals surface area contributed by atoms with E-state index in [1.54, 1.807) is 12.1 Å². The highest BCUT2D eigenvalue weighted by molar-refractivity contribution is 6.09. The lowest BCUT2D eigenvalue weighted by Crippen LogP contribution is -2.37. The zero-order valence-corrected chi connectivity index (χ0v) is 29.8. The van der Waals surface area contributed by atoms with Crippen molar-refractivity contribution in [1.82, 2.24) is 4.57 Å². The molecule has 256 valence electrons. The molecular weight excluding hydrogens is 669 g/mol. The van der Waals surface area contributed by atoms with Crippen LogP contribution in [0.4, 0.5) is 22.7 Å². The van der Waals surface area contributed by atoms with Crippen LogP contribution in [0.2, 0.25) is 0 Å². The Morgan fingerprint density at radius 2 is 1.02 bits per heavy atom. The van der Waals surface area contributed by atoms with Crippen LogP contribution in [0.3, 0.4) is 0 Å². The standard InChI is InChI=1S/C51H32N4/c1-53-46-29-28-35(34-52)30-43(46)36-31-39(54-47-24-12-8-20-41(47)42-21-9-13-25-48(42)54)33-40(32-36)55-49-26-14-10-22-44(49)51(37-16-4-2-5-17-37,38-18-6-3-7-19-38)45-23-11-15-27-50(45)55/h2-33H. The Balaban J connectivity index is 1.32. The van der Waals surface area contributed by atoms with E-state index in [9.17, 15) is 5.26 Å². The summed E-state index contributed by atoms with van der Waals surface area (Å²) in [4.78, 5) is 6.31. The van der Waals surface area contributed by atoms with Crippen LogP contribution in [0.25, 0.3) is 43.5 Å². The molecule has 0 unspecified atom stereocenters. The van der Waals surface area contributed by atoms with Gasteiger partial charge in [-0.1, -0.05) is 146 Å². The van der Waals surface area contributed by atoms with Crippen LogP contribution in [0.1, 0.15) is 27.8 Å². The van der Waals surface area contributed by atoms with E-state index in [0.29, 0.717) is 11.3 Å². The van der Waals surface area contributed by atoms with Crippen molar-refractivity contribution in [3.63, 3.8) is 0 Å². The van der Waals surface area contributed by atoms with Crippen LogP contribution in [-0.4, -0.2) is 4.57 Å². The molecule has 9 aromatic rings. The smallest absolute Gasteiger partial charge is 0.194 e. The molecule has 8 aromatic carbocycles. The van der Waals surface area contributed by atoms with Crippen LogP contribution < -0.4 is 4.90 Å². The third-order valence-corrected chi connectivity index (χ3v) is 11.1. The summed E-state index contributed by atoms with van der Waals surface area (Å²) in [5, 5.41) is 12.3. The molecule has 0 saturated carbocycles. The molecule has 10 rings (SSSR count). The molecule has 4 nitrogen and oxygen atoms in total. The Hall–Kier alpha value is -7.66. The molecule has 0 radical (unpaired) electrons. The zero-order chi connectivity index (χ0) is 36.9. The summed E-state index contributed by atoms with van der Waals surface area (Å²) < 4.78 is 2.32. The Kier molecular flexibility index (Phi) is 7.44. The van der Waals surface area contributed by atoms with Crippen molar-refractivity contribution >= 4 is 44.6 Å². The number of anilines is 3. The zero-order valence-electron chi connectivity index (χ0n) is 29.8. The first-order valence-corrected chi connectivity index (χ1v) is 18.4. The molecule has 0 amide bonds. The van der Waals surface area contributed by atoms with E-state index in [-0.39, 0.29) is 0 Å². The molecule has 0 saturated heterocycles. The second kappa shape index (κ2) is 12.8. The first-order valence-electron chi connectivity index (χ1n) is 18.4. The first-order chi connectivity index (χ1) is 27.2. The molecule has 1 aliphatic heterocycles. The fourth-order valence-electron chi connectivity index (χ4n) is 8.83. The summed E-state index contributed by atoms with van der Waals surface area (Å²) in [5.74, 6) is 0. The van der Waals surface area contributed by atoms with Gasteiger partial charge in [-0.25, -0.2) is 4.85 Å². The molecule has 55 heavy (non-hydrogen) atoms. The van der Waals surface area contributed by atoms with Crippen LogP contribution >= 0.6 is 0 Å². The molecular formula is C51H32N4. The molecule has 0 fully saturated rings. The molecule has 0 bridgehead atoms. The molecule has 2 heterocycles. The second-order valence-electron chi connectivity index (χ2n) is 13.9. The van der Waals surface area contributed by atoms with Gasteiger partial charge in [-0.15, -0.1) is 0 Å². The number of aromatic nitrogens is 1. The third-order valence-electron chi connectivity index (χ3n) is 11.1. The van der Waals surface area contributed by atoms with Gasteiger partial charge in [0.1, 0.15) is 0 Å². The molecule has 0 spiro atoms. The van der Waals surface area contributed by atoms with Crippen LogP contribution in [0, 0.1) is 17.9 Å². The summed E-state index contributed by atoms with van der Waals surface area (Å²) in [7, 11) is 0. The maximum atomic E-state index is 9.99. The fourth-order valence-corrected chi connectivity index (χ4v) is 8.83. The number of nitrogens with zero attached hydrogens (tertiary/aromatic N) is 4. The third kappa shape index (κ3) is 4.83. The second-order valence-corrected chi connectivity index (χ2v) is 13.9. The van der Waals surface area contributed by atoms with Gasteiger partial charge in [-0.2, -0.15) is 5.26 Å². The lowest BCUT2D eigenvalue weighted by molar-refractivity contribution is 0.731. The fraction of sp³-hybridized carbons (Fsp3) is 0.0196. The molecule has 4 heteroatoms. The maximum absolute atomic E-state index is 9.99. The summed E-state index contributed by atoms with van der Waals surface area (Å²) in [6.45, 7) is 8.15. The van der Waals surface area contributed by atoms with Gasteiger partial charge in [0.25, 0.3) is 0 Å². The predicted molar refractivity (Wildman–Crippen MR) is 224 cm³/mol. The summed E-state index contributed by atoms with van der Waals surface area (Å²) in [5.41, 5.74) is 12.9. The molecule has 0 aliphatic carbocycles. The quantitative estimate of drug-likeness (QED) is 0.168. The van der Waals surface area contributed by atoms with E-state index in [4.69, 9.17) is 6.57 Å². The Morgan fingerprint density at radius 3 is 1.58 bits per heavy atom. The van der Waals surface area contributed by atoms with Gasteiger partial charge in [-0.3, -0.25) is 0 Å². The lowest BCUT2D eigenvalue weighted by atomic mass is 9.62. The number of fused-ring (bicyclic) bond motifs is 5. The van der Waals surface area contributed by atoms with E-state index in [1.165, 1.54) is 33.0 Å². The van der Waals surface area contributed by atoms with Gasteiger partial charge in [-0.05, 0) is 81.9 Å². The highest BCUT2D eigenvalue weighted by atomic mass is 15.2. The topological polar surface area (TPSA) is 36.3 Å². The van der Waals surface area contributed by atoms with Crippen LogP contribution in [-0.2, 0) is 5.41 Å². The lowest BCUT2D eigenvalue weighted by Gasteiger charge is -2.46. The van der Waals surface area contributed by atoms with Crippen molar-refractivity contribution in [2.24, 2.45) is 0 Å². The summed E-state index contributed by atoms with van der Waals surface area (Å²) in [6, 6.07) is 70.4. The molecule has 0 N–H and O–H groups in total. The van der Waals surface area contributed by atoms with Gasteiger partial charge < -0.3 is 9.47 Å². The molecule has 1 aromatic heterocycles. The minimum atomic E-state index is -0.599. The van der Waals surface area contributed by atoms with Gasteiger partial charge in [0, 0.05) is 22.1 Å². The Morgan fingerprint density at radius 1 is 0.509 bits per heavy atom. The number of hydrogen-bond acceptors (Lipinski definition) is 2. The number of rotatable bonds is 5. The van der Waals surface area contributed by atoms with Crippen molar-refractivity contribution in [1.29, 1.82) is 5.26 Å². The number of nitriles is 1. The number of para-hydroxylation sites is 4. The van der Waals surface area contributed by atoms with Crippen LogP contribution in [0.5, 0.6) is 0 Å². The normalized spacial score (nSPS) is 12.8. The van der Waals surface area contributed by atoms with E-state index >= 15 is 0 Å². The first kappa shape index (κ1) is 32.0. The van der Waals surface area contributed by atoms with Crippen molar-refractivity contribution in [2.45, 2.75) is 5.41 Å². The maximum Gasteiger partial charge on any atom is 0.194 e. The largest absolute Gasteiger partial charge is 0.310 e. The van der Waals surface area contributed by atoms with Crippen LogP contribution in [0.15, 0.2) is 194 Å². The Labute approximate surface area is 319 Å². The van der Waals surface area contributed by atoms with E-state index in [0.717, 1.165) is 44.9 Å². The van der Waals surface area contributed by atoms with E-state index < -0.39 is 5.41 Å². The summed E-state index contributed by atoms with van der Waals surface area (Å²) in [6.07, 6.45) is 0. The van der Waals surface area contributed by atoms with Crippen molar-refractivity contribution in [3.8, 4) is 22.9 Å². The molecule has 1 aliphatic rings. The average Bonchev–Trinajstić information content (AvgIpc) is 3.60. The minimum Gasteiger partial charge on any atom is -0.310 e. The monoisotopic (exact) mass is 700 g/mol. The van der Waals surface area contributed by atoms with Gasteiger partial charge >= 0.3 is 0 Å². The van der Waals surface area contributed by atoms with Crippen molar-refractivity contribution < 1.29 is 0 Å². The average molecular weight is 701 g/mol. The van der Waals surface area contributed by atoms with E-state index in [2.05, 4.69) is 196 Å². The van der Waals surface area contributed by atoms with Crippen molar-refractivity contribution in [3.05, 3.63) is 233 Å². The minimum absolute atomic E-state index is 0.496. The number of hydrogen-bond donors (Lipinski definition) is 0. The Bertz CT molecular complexity index is 2880. The number of benzene rings is 8. The van der Waals surface area contributed by atoms with Gasteiger partial charge in [0.15, 0.2) is 5.69 Å². The van der Waals surface area contributed by atoms with Gasteiger partial charge in [0.2, 0.25) is 0 Å². The molecule has 0 atom stereocenters.